The van der Waals surface area contributed by atoms with Gasteiger partial charge >= 0.3 is 0 Å². The zero-order chi connectivity index (χ0) is 23.2. The zero-order valence-corrected chi connectivity index (χ0v) is 19.5. The summed E-state index contributed by atoms with van der Waals surface area (Å²) in [5.74, 6) is 0.0767. The van der Waals surface area contributed by atoms with Crippen molar-refractivity contribution >= 4 is 29.1 Å². The van der Waals surface area contributed by atoms with Gasteiger partial charge < -0.3 is 15.1 Å². The highest BCUT2D eigenvalue weighted by Crippen LogP contribution is 2.44. The van der Waals surface area contributed by atoms with Crippen LogP contribution in [0.25, 0.3) is 0 Å². The van der Waals surface area contributed by atoms with Gasteiger partial charge in [0.05, 0.1) is 34.6 Å². The van der Waals surface area contributed by atoms with E-state index in [1.54, 1.807) is 18.4 Å². The van der Waals surface area contributed by atoms with Crippen LogP contribution in [0.2, 0.25) is 0 Å². The van der Waals surface area contributed by atoms with Gasteiger partial charge in [-0.25, -0.2) is 0 Å². The molecule has 0 radical (unpaired) electrons. The Bertz CT molecular complexity index is 1120. The summed E-state index contributed by atoms with van der Waals surface area (Å²) in [6.07, 6.45) is 6.86. The van der Waals surface area contributed by atoms with Crippen LogP contribution in [0, 0.1) is 11.3 Å². The number of Topliss-reactive ketones (excluding diaryl/α,β-unsaturated/α-hetero) is 1. The van der Waals surface area contributed by atoms with Crippen LogP contribution >= 0.6 is 11.8 Å². The largest absolute Gasteiger partial charge is 0.468 e. The Labute approximate surface area is 198 Å². The van der Waals surface area contributed by atoms with Crippen LogP contribution in [0.5, 0.6) is 0 Å². The van der Waals surface area contributed by atoms with Gasteiger partial charge in [-0.1, -0.05) is 37.2 Å². The second-order valence-electron chi connectivity index (χ2n) is 8.23. The number of hydrogen-bond acceptors (Lipinski definition) is 6. The highest BCUT2D eigenvalue weighted by Gasteiger charge is 2.38. The van der Waals surface area contributed by atoms with Crippen molar-refractivity contribution in [2.45, 2.75) is 51.4 Å². The van der Waals surface area contributed by atoms with Crippen molar-refractivity contribution in [1.29, 1.82) is 5.26 Å². The highest BCUT2D eigenvalue weighted by molar-refractivity contribution is 8.03. The fraction of sp³-hybridized carbons (Fsp3) is 0.346. The summed E-state index contributed by atoms with van der Waals surface area (Å²) in [6, 6.07) is 13.7. The van der Waals surface area contributed by atoms with Gasteiger partial charge in [-0.3, -0.25) is 9.59 Å². The second kappa shape index (κ2) is 10.6. The van der Waals surface area contributed by atoms with Crippen LogP contribution in [0.3, 0.4) is 0 Å². The van der Waals surface area contributed by atoms with Crippen LogP contribution in [0.15, 0.2) is 69.0 Å². The summed E-state index contributed by atoms with van der Waals surface area (Å²) in [5, 5.41) is 16.8. The predicted molar refractivity (Wildman–Crippen MR) is 129 cm³/mol. The molecule has 2 aliphatic rings. The van der Waals surface area contributed by atoms with E-state index < -0.39 is 5.92 Å². The molecule has 2 N–H and O–H groups in total. The van der Waals surface area contributed by atoms with E-state index in [1.807, 2.05) is 24.3 Å². The molecule has 1 aliphatic carbocycles. The van der Waals surface area contributed by atoms with E-state index >= 15 is 0 Å². The number of thioether (sulfide) groups is 1. The van der Waals surface area contributed by atoms with Crippen LogP contribution in [0.4, 0.5) is 5.69 Å². The fourth-order valence-electron chi connectivity index (χ4n) is 4.25. The molecule has 170 valence electrons. The van der Waals surface area contributed by atoms with Crippen molar-refractivity contribution in [3.05, 3.63) is 75.9 Å². The number of carbonyl (C=O) groups excluding carboxylic acids is 2. The number of anilines is 1. The molecule has 6 nitrogen and oxygen atoms in total. The number of nitrogens with one attached hydrogen (secondary N) is 2. The van der Waals surface area contributed by atoms with Gasteiger partial charge in [0, 0.05) is 23.4 Å². The first-order valence-corrected chi connectivity index (χ1v) is 12.3. The maximum Gasteiger partial charge on any atom is 0.234 e. The molecule has 0 spiro atoms. The third-order valence-corrected chi connectivity index (χ3v) is 6.91. The van der Waals surface area contributed by atoms with E-state index in [2.05, 4.69) is 23.6 Å². The molecule has 1 atom stereocenters. The molecule has 0 fully saturated rings. The Kier molecular flexibility index (Phi) is 7.36. The Hall–Kier alpha value is -3.24. The van der Waals surface area contributed by atoms with E-state index in [9.17, 15) is 14.9 Å². The fourth-order valence-corrected chi connectivity index (χ4v) is 5.11. The first-order chi connectivity index (χ1) is 16.1. The minimum Gasteiger partial charge on any atom is -0.468 e. The van der Waals surface area contributed by atoms with Crippen molar-refractivity contribution in [3.63, 3.8) is 0 Å². The van der Waals surface area contributed by atoms with Gasteiger partial charge in [-0.2, -0.15) is 5.26 Å². The van der Waals surface area contributed by atoms with Gasteiger partial charge in [0.15, 0.2) is 5.78 Å². The van der Waals surface area contributed by atoms with Crippen LogP contribution in [0.1, 0.15) is 56.3 Å². The van der Waals surface area contributed by atoms with Gasteiger partial charge in [0.1, 0.15) is 5.76 Å². The van der Waals surface area contributed by atoms with Crippen molar-refractivity contribution in [2.24, 2.45) is 0 Å². The maximum absolute atomic E-state index is 12.7. The molecule has 1 aromatic heterocycles. The molecule has 7 heteroatoms. The van der Waals surface area contributed by atoms with Crippen LogP contribution in [-0.4, -0.2) is 17.4 Å². The molecule has 1 aliphatic heterocycles. The number of nitriles is 1. The predicted octanol–water partition coefficient (Wildman–Crippen LogP) is 5.42. The number of nitrogens with zero attached hydrogens (tertiary/aromatic N) is 1. The lowest BCUT2D eigenvalue weighted by atomic mass is 9.79. The molecule has 0 bridgehead atoms. The molecule has 33 heavy (non-hydrogen) atoms. The smallest absolute Gasteiger partial charge is 0.234 e. The van der Waals surface area contributed by atoms with E-state index in [1.165, 1.54) is 17.3 Å². The molecule has 2 aromatic rings. The third kappa shape index (κ3) is 5.23. The number of ketones is 1. The Morgan fingerprint density at radius 2 is 2.09 bits per heavy atom. The summed E-state index contributed by atoms with van der Waals surface area (Å²) >= 11 is 1.28. The summed E-state index contributed by atoms with van der Waals surface area (Å²) in [5.41, 5.74) is 3.87. The van der Waals surface area contributed by atoms with Crippen molar-refractivity contribution in [1.82, 2.24) is 5.32 Å². The average molecular weight is 462 g/mol. The molecule has 1 amide bonds. The molecule has 1 aromatic carbocycles. The minimum absolute atomic E-state index is 0.0436. The van der Waals surface area contributed by atoms with Crippen LogP contribution in [-0.2, 0) is 16.0 Å². The zero-order valence-electron chi connectivity index (χ0n) is 18.6. The van der Waals surface area contributed by atoms with Gasteiger partial charge in [-0.05, 0) is 55.5 Å². The molecule has 0 unspecified atom stereocenters. The number of furan rings is 1. The molecule has 0 saturated carbocycles. The maximum atomic E-state index is 12.7. The topological polar surface area (TPSA) is 95.1 Å². The summed E-state index contributed by atoms with van der Waals surface area (Å²) < 4.78 is 5.60. The quantitative estimate of drug-likeness (QED) is 0.545. The van der Waals surface area contributed by atoms with Crippen molar-refractivity contribution in [3.8, 4) is 6.07 Å². The lowest BCUT2D eigenvalue weighted by Crippen LogP contribution is -2.31. The highest BCUT2D eigenvalue weighted by atomic mass is 32.2. The Balaban J connectivity index is 1.47. The third-order valence-electron chi connectivity index (χ3n) is 5.89. The molecular weight excluding hydrogens is 434 g/mol. The number of carbonyl (C=O) groups is 2. The first-order valence-electron chi connectivity index (χ1n) is 11.3. The van der Waals surface area contributed by atoms with Gasteiger partial charge in [0.25, 0.3) is 0 Å². The summed E-state index contributed by atoms with van der Waals surface area (Å²) in [6.45, 7) is 2.17. The number of rotatable bonds is 8. The number of dihydropyridines is 1. The second-order valence-corrected chi connectivity index (χ2v) is 9.22. The van der Waals surface area contributed by atoms with Gasteiger partial charge in [0.2, 0.25) is 5.91 Å². The average Bonchev–Trinajstić information content (AvgIpc) is 3.36. The molecular formula is C26H27N3O3S. The SMILES string of the molecule is CCCCc1ccc(NC(=O)CSC2=C(C#N)[C@H](c3ccco3)C3=C(CCCC3=O)N2)cc1. The van der Waals surface area contributed by atoms with E-state index in [0.717, 1.165) is 43.5 Å². The summed E-state index contributed by atoms with van der Waals surface area (Å²) in [7, 11) is 0. The van der Waals surface area contributed by atoms with Crippen molar-refractivity contribution < 1.29 is 14.0 Å². The number of benzene rings is 1. The lowest BCUT2D eigenvalue weighted by Gasteiger charge is -2.32. The minimum atomic E-state index is -0.532. The first kappa shape index (κ1) is 22.9. The van der Waals surface area contributed by atoms with Crippen molar-refractivity contribution in [2.75, 3.05) is 11.1 Å². The lowest BCUT2D eigenvalue weighted by molar-refractivity contribution is -0.116. The summed E-state index contributed by atoms with van der Waals surface area (Å²) in [4.78, 5) is 25.3. The number of unbranched alkanes of at least 4 members (excludes halogenated alkanes) is 1. The molecule has 0 saturated heterocycles. The standard InChI is InChI=1S/C26H27N3O3S/c1-2-3-6-17-10-12-18(13-11-17)28-23(31)16-33-26-19(15-27)24(22-9-5-14-32-22)25-20(29-26)7-4-8-21(25)30/h5,9-14,24,29H,2-4,6-8,16H2,1H3,(H,28,31)/t24-/m1/s1. The molecule has 4 rings (SSSR count). The Morgan fingerprint density at radius 3 is 2.79 bits per heavy atom. The number of hydrogen-bond donors (Lipinski definition) is 2. The monoisotopic (exact) mass is 461 g/mol. The normalized spacial score (nSPS) is 17.9. The van der Waals surface area contributed by atoms with Crippen LogP contribution < -0.4 is 10.6 Å². The molecule has 2 heterocycles. The van der Waals surface area contributed by atoms with E-state index in [4.69, 9.17) is 4.42 Å². The van der Waals surface area contributed by atoms with E-state index in [-0.39, 0.29) is 17.4 Å². The van der Waals surface area contributed by atoms with E-state index in [0.29, 0.717) is 28.4 Å². The number of allylic oxidation sites excluding steroid dienone is 3. The van der Waals surface area contributed by atoms with Gasteiger partial charge in [-0.15, -0.1) is 0 Å². The number of aryl methyl sites for hydroxylation is 1. The Morgan fingerprint density at radius 1 is 1.27 bits per heavy atom. The number of amides is 1.